The van der Waals surface area contributed by atoms with Gasteiger partial charge in [-0.1, -0.05) is 66.7 Å². The predicted octanol–water partition coefficient (Wildman–Crippen LogP) is 3.67. The van der Waals surface area contributed by atoms with Crippen LogP contribution in [0.2, 0.25) is 0 Å². The van der Waals surface area contributed by atoms with Gasteiger partial charge in [-0.15, -0.1) is 0 Å². The van der Waals surface area contributed by atoms with Crippen LogP contribution < -0.4 is 15.7 Å². The molecule has 7 nitrogen and oxygen atoms in total. The second-order valence-electron chi connectivity index (χ2n) is 7.07. The number of nitrogens with one attached hydrogen (secondary N) is 2. The second-order valence-corrected chi connectivity index (χ2v) is 7.07. The van der Waals surface area contributed by atoms with Crippen LogP contribution >= 0.6 is 0 Å². The maximum atomic E-state index is 12.7. The molecule has 4 rings (SSSR count). The van der Waals surface area contributed by atoms with Crippen molar-refractivity contribution in [3.8, 4) is 22.6 Å². The van der Waals surface area contributed by atoms with Gasteiger partial charge in [0.15, 0.2) is 6.61 Å². The molecule has 0 saturated heterocycles. The van der Waals surface area contributed by atoms with Gasteiger partial charge < -0.3 is 4.74 Å². The van der Waals surface area contributed by atoms with Crippen molar-refractivity contribution in [2.45, 2.75) is 6.92 Å². The maximum absolute atomic E-state index is 12.7. The van der Waals surface area contributed by atoms with Crippen LogP contribution in [0.1, 0.15) is 11.3 Å². The predicted molar refractivity (Wildman–Crippen MR) is 124 cm³/mol. The molecule has 1 heterocycles. The molecule has 1 aromatic heterocycles. The molecule has 0 aliphatic carbocycles. The summed E-state index contributed by atoms with van der Waals surface area (Å²) >= 11 is 0. The molecule has 0 unspecified atom stereocenters. The molecule has 0 fully saturated rings. The van der Waals surface area contributed by atoms with Crippen molar-refractivity contribution in [3.63, 3.8) is 0 Å². The monoisotopic (exact) mass is 426 g/mol. The molecule has 0 saturated carbocycles. The Bertz CT molecular complexity index is 1290. The summed E-state index contributed by atoms with van der Waals surface area (Å²) in [4.78, 5) is 24.9. The Kier molecular flexibility index (Phi) is 6.27. The first-order valence-corrected chi connectivity index (χ1v) is 10.1. The van der Waals surface area contributed by atoms with Gasteiger partial charge in [0.2, 0.25) is 0 Å². The van der Waals surface area contributed by atoms with Crippen LogP contribution in [0.4, 0.5) is 0 Å². The summed E-state index contributed by atoms with van der Waals surface area (Å²) in [7, 11) is 0. The highest BCUT2D eigenvalue weighted by Crippen LogP contribution is 2.29. The van der Waals surface area contributed by atoms with E-state index < -0.39 is 5.91 Å². The Morgan fingerprint density at radius 3 is 2.41 bits per heavy atom. The van der Waals surface area contributed by atoms with Crippen LogP contribution in [0.3, 0.4) is 0 Å². The first-order valence-electron chi connectivity index (χ1n) is 10.1. The number of hydrazone groups is 1. The highest BCUT2D eigenvalue weighted by Gasteiger charge is 2.11. The van der Waals surface area contributed by atoms with Crippen molar-refractivity contribution in [3.05, 3.63) is 107 Å². The number of hydrogen-bond acceptors (Lipinski definition) is 4. The summed E-state index contributed by atoms with van der Waals surface area (Å²) in [5.74, 6) is 0.172. The average Bonchev–Trinajstić information content (AvgIpc) is 3.12. The van der Waals surface area contributed by atoms with E-state index in [4.69, 9.17) is 4.74 Å². The molecule has 32 heavy (non-hydrogen) atoms. The zero-order valence-corrected chi connectivity index (χ0v) is 17.5. The van der Waals surface area contributed by atoms with Crippen LogP contribution in [0.25, 0.3) is 16.8 Å². The normalized spacial score (nSPS) is 10.9. The molecule has 4 aromatic rings. The van der Waals surface area contributed by atoms with Crippen LogP contribution in [0.5, 0.6) is 5.75 Å². The molecular weight excluding hydrogens is 404 g/mol. The van der Waals surface area contributed by atoms with Gasteiger partial charge in [0.05, 0.1) is 17.5 Å². The van der Waals surface area contributed by atoms with Crippen LogP contribution in [-0.2, 0) is 4.79 Å². The van der Waals surface area contributed by atoms with Crippen LogP contribution in [0.15, 0.2) is 94.8 Å². The standard InChI is InChI=1S/C25H22N4O3/c1-18-22(25(31)29(28-18)20-12-6-3-7-13-20)16-26-27-24(30)17-32-23-15-9-8-14-21(23)19-10-4-2-5-11-19/h2-16,28H,17H2,1H3,(H,27,30)/b26-16+. The van der Waals surface area contributed by atoms with Crippen molar-refractivity contribution < 1.29 is 9.53 Å². The number of aromatic nitrogens is 2. The quantitative estimate of drug-likeness (QED) is 0.349. The Morgan fingerprint density at radius 2 is 1.66 bits per heavy atom. The van der Waals surface area contributed by atoms with Gasteiger partial charge in [-0.2, -0.15) is 5.10 Å². The van der Waals surface area contributed by atoms with Crippen LogP contribution in [0, 0.1) is 6.92 Å². The third-order valence-electron chi connectivity index (χ3n) is 4.84. The van der Waals surface area contributed by atoms with E-state index in [-0.39, 0.29) is 12.2 Å². The number of ether oxygens (including phenoxy) is 1. The molecule has 0 bridgehead atoms. The summed E-state index contributed by atoms with van der Waals surface area (Å²) in [5.41, 5.74) is 5.78. The average molecular weight is 426 g/mol. The van der Waals surface area contributed by atoms with Crippen molar-refractivity contribution >= 4 is 12.1 Å². The highest BCUT2D eigenvalue weighted by molar-refractivity contribution is 5.83. The third kappa shape index (κ3) is 4.67. The van der Waals surface area contributed by atoms with Gasteiger partial charge in [0.25, 0.3) is 11.5 Å². The van der Waals surface area contributed by atoms with Gasteiger partial charge in [-0.05, 0) is 30.7 Å². The van der Waals surface area contributed by atoms with E-state index in [9.17, 15) is 9.59 Å². The summed E-state index contributed by atoms with van der Waals surface area (Å²) in [6.45, 7) is 1.56. The number of carbonyl (C=O) groups excluding carboxylic acids is 1. The first-order chi connectivity index (χ1) is 15.6. The SMILES string of the molecule is Cc1[nH]n(-c2ccccc2)c(=O)c1/C=N/NC(=O)COc1ccccc1-c1ccccc1. The zero-order valence-electron chi connectivity index (χ0n) is 17.5. The van der Waals surface area contributed by atoms with Crippen molar-refractivity contribution in [2.75, 3.05) is 6.61 Å². The smallest absolute Gasteiger partial charge is 0.280 e. The molecule has 7 heteroatoms. The Balaban J connectivity index is 1.40. The van der Waals surface area contributed by atoms with E-state index in [1.54, 1.807) is 6.92 Å². The molecule has 0 radical (unpaired) electrons. The fraction of sp³-hybridized carbons (Fsp3) is 0.0800. The zero-order chi connectivity index (χ0) is 22.3. The van der Waals surface area contributed by atoms with Crippen LogP contribution in [-0.4, -0.2) is 28.5 Å². The molecule has 2 N–H and O–H groups in total. The van der Waals surface area contributed by atoms with Crippen molar-refractivity contribution in [2.24, 2.45) is 5.10 Å². The molecular formula is C25H22N4O3. The number of rotatable bonds is 7. The second kappa shape index (κ2) is 9.61. The van der Waals surface area contributed by atoms with E-state index >= 15 is 0 Å². The van der Waals surface area contributed by atoms with E-state index in [2.05, 4.69) is 15.6 Å². The van der Waals surface area contributed by atoms with E-state index in [0.29, 0.717) is 17.0 Å². The van der Waals surface area contributed by atoms with Gasteiger partial charge in [-0.3, -0.25) is 14.7 Å². The highest BCUT2D eigenvalue weighted by atomic mass is 16.5. The fourth-order valence-electron chi connectivity index (χ4n) is 3.26. The Morgan fingerprint density at radius 1 is 1.00 bits per heavy atom. The molecule has 160 valence electrons. The summed E-state index contributed by atoms with van der Waals surface area (Å²) < 4.78 is 7.14. The number of carbonyl (C=O) groups is 1. The third-order valence-corrected chi connectivity index (χ3v) is 4.84. The van der Waals surface area contributed by atoms with Gasteiger partial charge in [-0.25, -0.2) is 10.1 Å². The lowest BCUT2D eigenvalue weighted by atomic mass is 10.1. The lowest BCUT2D eigenvalue weighted by Gasteiger charge is -2.10. The molecule has 3 aromatic carbocycles. The summed E-state index contributed by atoms with van der Waals surface area (Å²) in [5, 5.41) is 6.94. The molecule has 0 atom stereocenters. The fourth-order valence-corrected chi connectivity index (χ4v) is 3.26. The van der Waals surface area contributed by atoms with Gasteiger partial charge >= 0.3 is 0 Å². The number of hydrogen-bond donors (Lipinski definition) is 2. The minimum absolute atomic E-state index is 0.207. The number of nitrogens with zero attached hydrogens (tertiary/aromatic N) is 2. The lowest BCUT2D eigenvalue weighted by molar-refractivity contribution is -0.123. The van der Waals surface area contributed by atoms with Gasteiger partial charge in [0, 0.05) is 11.3 Å². The Labute approximate surface area is 185 Å². The van der Waals surface area contributed by atoms with E-state index in [0.717, 1.165) is 16.8 Å². The number of amides is 1. The molecule has 0 spiro atoms. The largest absolute Gasteiger partial charge is 0.483 e. The van der Waals surface area contributed by atoms with Crippen molar-refractivity contribution in [1.29, 1.82) is 0 Å². The number of para-hydroxylation sites is 2. The summed E-state index contributed by atoms with van der Waals surface area (Å²) in [6, 6.07) is 26.5. The van der Waals surface area contributed by atoms with E-state index in [1.807, 2.05) is 84.9 Å². The minimum Gasteiger partial charge on any atom is -0.483 e. The summed E-state index contributed by atoms with van der Waals surface area (Å²) in [6.07, 6.45) is 1.34. The van der Waals surface area contributed by atoms with Gasteiger partial charge in [0.1, 0.15) is 5.75 Å². The molecule has 1 amide bonds. The minimum atomic E-state index is -0.430. The van der Waals surface area contributed by atoms with E-state index in [1.165, 1.54) is 10.9 Å². The molecule has 0 aliphatic rings. The number of benzene rings is 3. The molecule has 0 aliphatic heterocycles. The topological polar surface area (TPSA) is 88.5 Å². The number of aryl methyl sites for hydroxylation is 1. The Hall–Kier alpha value is -4.39. The maximum Gasteiger partial charge on any atom is 0.280 e. The van der Waals surface area contributed by atoms with Crippen molar-refractivity contribution in [1.82, 2.24) is 15.2 Å². The first kappa shape index (κ1) is 20.9. The number of H-pyrrole nitrogens is 1. The lowest BCUT2D eigenvalue weighted by Crippen LogP contribution is -2.25. The number of aromatic amines is 1.